The largest absolute Gasteiger partial charge is 0.408 e. The van der Waals surface area contributed by atoms with Crippen LogP contribution in [0.15, 0.2) is 12.2 Å². The average molecular weight is 314 g/mol. The summed E-state index contributed by atoms with van der Waals surface area (Å²) in [6, 6.07) is 0. The summed E-state index contributed by atoms with van der Waals surface area (Å²) < 4.78 is 18.5. The van der Waals surface area contributed by atoms with Crippen molar-refractivity contribution in [2.75, 3.05) is 0 Å². The Labute approximate surface area is 129 Å². The number of hydrogen-bond donors (Lipinski definition) is 1. The highest BCUT2D eigenvalue weighted by molar-refractivity contribution is 6.74. The minimum Gasteiger partial charge on any atom is -0.408 e. The van der Waals surface area contributed by atoms with Gasteiger partial charge in [-0.2, -0.15) is 0 Å². The Bertz CT molecular complexity index is 411. The van der Waals surface area contributed by atoms with Gasteiger partial charge in [0.05, 0.1) is 6.10 Å². The third-order valence-corrected chi connectivity index (χ3v) is 9.28. The quantitative estimate of drug-likeness (QED) is 0.628. The standard InChI is InChI=1S/C16H30O4Si/c1-15(2,3)21(6,7)20-13-11(17)9-8-10-12-14(13)19-16(4,5)18-12/h8,10-14,17H,9H2,1-7H3/t11?,12-,13-,14-/m0/s1. The Balaban J connectivity index is 2.24. The Morgan fingerprint density at radius 2 is 1.86 bits per heavy atom. The molecule has 0 radical (unpaired) electrons. The second-order valence-corrected chi connectivity index (χ2v) is 12.9. The SMILES string of the molecule is CC1(C)O[C@H]2[C@H](C=CCC(O)[C@@H]2O[Si](C)(C)C(C)(C)C)O1. The summed E-state index contributed by atoms with van der Waals surface area (Å²) >= 11 is 0. The van der Waals surface area contributed by atoms with Crippen molar-refractivity contribution in [1.82, 2.24) is 0 Å². The van der Waals surface area contributed by atoms with Crippen LogP contribution >= 0.6 is 0 Å². The Morgan fingerprint density at radius 1 is 1.24 bits per heavy atom. The second-order valence-electron chi connectivity index (χ2n) is 8.14. The van der Waals surface area contributed by atoms with Crippen LogP contribution in [0.3, 0.4) is 0 Å². The molecule has 21 heavy (non-hydrogen) atoms. The molecule has 0 aromatic heterocycles. The first kappa shape index (κ1) is 17.2. The molecule has 0 aromatic carbocycles. The summed E-state index contributed by atoms with van der Waals surface area (Å²) in [4.78, 5) is 0. The molecule has 1 heterocycles. The molecule has 0 spiro atoms. The fourth-order valence-electron chi connectivity index (χ4n) is 2.59. The van der Waals surface area contributed by atoms with Crippen molar-refractivity contribution >= 4 is 8.32 Å². The number of rotatable bonds is 2. The first-order valence-electron chi connectivity index (χ1n) is 7.81. The van der Waals surface area contributed by atoms with E-state index in [2.05, 4.69) is 33.9 Å². The summed E-state index contributed by atoms with van der Waals surface area (Å²) in [7, 11) is -1.99. The van der Waals surface area contributed by atoms with E-state index in [1.165, 1.54) is 0 Å². The van der Waals surface area contributed by atoms with E-state index < -0.39 is 20.2 Å². The van der Waals surface area contributed by atoms with Crippen molar-refractivity contribution in [2.24, 2.45) is 0 Å². The van der Waals surface area contributed by atoms with Gasteiger partial charge in [0.1, 0.15) is 18.3 Å². The van der Waals surface area contributed by atoms with Gasteiger partial charge in [-0.05, 0) is 38.4 Å². The first-order valence-corrected chi connectivity index (χ1v) is 10.7. The van der Waals surface area contributed by atoms with Crippen molar-refractivity contribution < 1.29 is 19.0 Å². The van der Waals surface area contributed by atoms with E-state index in [9.17, 15) is 5.11 Å². The summed E-state index contributed by atoms with van der Waals surface area (Å²) in [5.41, 5.74) is 0. The lowest BCUT2D eigenvalue weighted by Crippen LogP contribution is -2.52. The van der Waals surface area contributed by atoms with Gasteiger partial charge in [0.15, 0.2) is 14.1 Å². The van der Waals surface area contributed by atoms with Crippen molar-refractivity contribution in [1.29, 1.82) is 0 Å². The van der Waals surface area contributed by atoms with Crippen LogP contribution in [0.1, 0.15) is 41.0 Å². The average Bonchev–Trinajstić information content (AvgIpc) is 2.53. The molecule has 0 bridgehead atoms. The van der Waals surface area contributed by atoms with Gasteiger partial charge < -0.3 is 19.0 Å². The highest BCUT2D eigenvalue weighted by Crippen LogP contribution is 2.41. The van der Waals surface area contributed by atoms with Crippen molar-refractivity contribution in [3.63, 3.8) is 0 Å². The Kier molecular flexibility index (Phi) is 4.46. The molecule has 1 fully saturated rings. The predicted octanol–water partition coefficient (Wildman–Crippen LogP) is 3.22. The molecule has 2 aliphatic rings. The Hall–Kier alpha value is -0.203. The van der Waals surface area contributed by atoms with Gasteiger partial charge in [0.25, 0.3) is 0 Å². The van der Waals surface area contributed by atoms with Crippen LogP contribution in [0.5, 0.6) is 0 Å². The zero-order valence-corrected chi connectivity index (χ0v) is 15.3. The lowest BCUT2D eigenvalue weighted by Gasteiger charge is -2.42. The van der Waals surface area contributed by atoms with Crippen LogP contribution in [0.4, 0.5) is 0 Å². The van der Waals surface area contributed by atoms with Crippen molar-refractivity contribution in [3.05, 3.63) is 12.2 Å². The van der Waals surface area contributed by atoms with E-state index in [1.807, 2.05) is 26.0 Å². The lowest BCUT2D eigenvalue weighted by atomic mass is 10.1. The van der Waals surface area contributed by atoms with E-state index in [-0.39, 0.29) is 23.4 Å². The predicted molar refractivity (Wildman–Crippen MR) is 85.7 cm³/mol. The Morgan fingerprint density at radius 3 is 2.43 bits per heavy atom. The molecule has 2 rings (SSSR count). The topological polar surface area (TPSA) is 47.9 Å². The maximum Gasteiger partial charge on any atom is 0.192 e. The molecule has 1 aliphatic carbocycles. The van der Waals surface area contributed by atoms with E-state index in [1.54, 1.807) is 0 Å². The number of aliphatic hydroxyl groups excluding tert-OH is 1. The third-order valence-electron chi connectivity index (χ3n) is 4.81. The van der Waals surface area contributed by atoms with Crippen LogP contribution < -0.4 is 0 Å². The van der Waals surface area contributed by atoms with E-state index in [0.717, 1.165) is 0 Å². The highest BCUT2D eigenvalue weighted by atomic mass is 28.4. The van der Waals surface area contributed by atoms with Crippen LogP contribution in [0.25, 0.3) is 0 Å². The van der Waals surface area contributed by atoms with Gasteiger partial charge in [-0.15, -0.1) is 0 Å². The molecule has 1 saturated heterocycles. The molecule has 5 heteroatoms. The van der Waals surface area contributed by atoms with E-state index in [0.29, 0.717) is 6.42 Å². The normalized spacial score (nSPS) is 36.4. The minimum absolute atomic E-state index is 0.0942. The van der Waals surface area contributed by atoms with Crippen LogP contribution in [0, 0.1) is 0 Å². The molecule has 0 aromatic rings. The van der Waals surface area contributed by atoms with E-state index in [4.69, 9.17) is 13.9 Å². The minimum atomic E-state index is -1.99. The zero-order chi connectivity index (χ0) is 16.1. The molecule has 1 aliphatic heterocycles. The van der Waals surface area contributed by atoms with Gasteiger partial charge in [-0.25, -0.2) is 0 Å². The van der Waals surface area contributed by atoms with Crippen LogP contribution in [-0.2, 0) is 13.9 Å². The zero-order valence-electron chi connectivity index (χ0n) is 14.3. The van der Waals surface area contributed by atoms with E-state index >= 15 is 0 Å². The van der Waals surface area contributed by atoms with Gasteiger partial charge in [0.2, 0.25) is 0 Å². The van der Waals surface area contributed by atoms with Gasteiger partial charge in [-0.3, -0.25) is 0 Å². The number of ether oxygens (including phenoxy) is 2. The molecular formula is C16H30O4Si. The first-order chi connectivity index (χ1) is 9.43. The summed E-state index contributed by atoms with van der Waals surface area (Å²) in [6.07, 6.45) is 3.27. The van der Waals surface area contributed by atoms with Gasteiger partial charge in [-0.1, -0.05) is 32.9 Å². The number of hydrogen-bond acceptors (Lipinski definition) is 4. The highest BCUT2D eigenvalue weighted by Gasteiger charge is 2.50. The van der Waals surface area contributed by atoms with Gasteiger partial charge >= 0.3 is 0 Å². The van der Waals surface area contributed by atoms with Crippen molar-refractivity contribution in [2.45, 2.75) is 89.4 Å². The fourth-order valence-corrected chi connectivity index (χ4v) is 3.91. The monoisotopic (exact) mass is 314 g/mol. The fraction of sp³-hybridized carbons (Fsp3) is 0.875. The molecular weight excluding hydrogens is 284 g/mol. The second kappa shape index (κ2) is 5.46. The third kappa shape index (κ3) is 3.59. The van der Waals surface area contributed by atoms with Crippen LogP contribution in [0.2, 0.25) is 18.1 Å². The van der Waals surface area contributed by atoms with Crippen molar-refractivity contribution in [3.8, 4) is 0 Å². The molecule has 4 atom stereocenters. The molecule has 1 unspecified atom stereocenters. The van der Waals surface area contributed by atoms with Crippen LogP contribution in [-0.4, -0.2) is 43.6 Å². The number of aliphatic hydroxyl groups is 1. The maximum absolute atomic E-state index is 10.5. The molecule has 1 N–H and O–H groups in total. The summed E-state index contributed by atoms with van der Waals surface area (Å²) in [5, 5.41) is 10.6. The molecule has 122 valence electrons. The van der Waals surface area contributed by atoms with Gasteiger partial charge in [0, 0.05) is 0 Å². The maximum atomic E-state index is 10.5. The summed E-state index contributed by atoms with van der Waals surface area (Å²) in [6.45, 7) is 14.8. The smallest absolute Gasteiger partial charge is 0.192 e. The molecule has 0 amide bonds. The molecule has 0 saturated carbocycles. The number of fused-ring (bicyclic) bond motifs is 1. The summed E-state index contributed by atoms with van der Waals surface area (Å²) in [5.74, 6) is -0.633. The molecule has 4 nitrogen and oxygen atoms in total. The lowest BCUT2D eigenvalue weighted by molar-refractivity contribution is -0.160.